The van der Waals surface area contributed by atoms with E-state index in [1.54, 1.807) is 0 Å². The van der Waals surface area contributed by atoms with Gasteiger partial charge in [0.1, 0.15) is 0 Å². The first kappa shape index (κ1) is 13.1. The molecule has 98 valence electrons. The Morgan fingerprint density at radius 1 is 1.33 bits per heavy atom. The summed E-state index contributed by atoms with van der Waals surface area (Å²) in [5.74, 6) is 0.692. The molecule has 1 saturated carbocycles. The number of carbonyl (C=O) groups excluding carboxylic acids is 1. The number of nitrogens with one attached hydrogen (secondary N) is 1. The third kappa shape index (κ3) is 3.57. The third-order valence-electron chi connectivity index (χ3n) is 3.65. The highest BCUT2D eigenvalue weighted by molar-refractivity contribution is 5.76. The second-order valence-electron chi connectivity index (χ2n) is 5.04. The predicted molar refractivity (Wildman–Crippen MR) is 71.0 cm³/mol. The van der Waals surface area contributed by atoms with E-state index in [9.17, 15) is 4.79 Å². The lowest BCUT2D eigenvalue weighted by Crippen LogP contribution is -2.31. The maximum Gasteiger partial charge on any atom is 0.220 e. The van der Waals surface area contributed by atoms with Crippen LogP contribution in [-0.4, -0.2) is 17.6 Å². The minimum Gasteiger partial charge on any atom is -0.396 e. The Morgan fingerprint density at radius 3 is 2.61 bits per heavy atom. The van der Waals surface area contributed by atoms with Crippen LogP contribution in [0.25, 0.3) is 0 Å². The maximum absolute atomic E-state index is 11.9. The molecule has 1 fully saturated rings. The van der Waals surface area contributed by atoms with Crippen LogP contribution in [0.3, 0.4) is 0 Å². The molecular weight excluding hydrogens is 226 g/mol. The average Bonchev–Trinajstić information content (AvgIpc) is 2.34. The first-order valence-electron chi connectivity index (χ1n) is 6.74. The summed E-state index contributed by atoms with van der Waals surface area (Å²) in [7, 11) is 0. The number of hydrogen-bond donors (Lipinski definition) is 2. The van der Waals surface area contributed by atoms with Crippen molar-refractivity contribution >= 4 is 5.91 Å². The number of aliphatic hydroxyl groups is 1. The van der Waals surface area contributed by atoms with E-state index in [1.807, 2.05) is 30.3 Å². The van der Waals surface area contributed by atoms with Crippen LogP contribution in [0.4, 0.5) is 0 Å². The number of carbonyl (C=O) groups is 1. The van der Waals surface area contributed by atoms with Gasteiger partial charge in [-0.3, -0.25) is 4.79 Å². The molecule has 18 heavy (non-hydrogen) atoms. The van der Waals surface area contributed by atoms with Gasteiger partial charge in [0, 0.05) is 13.0 Å². The van der Waals surface area contributed by atoms with Gasteiger partial charge in [0.25, 0.3) is 0 Å². The van der Waals surface area contributed by atoms with E-state index >= 15 is 0 Å². The number of hydrogen-bond acceptors (Lipinski definition) is 2. The van der Waals surface area contributed by atoms with Gasteiger partial charge in [-0.05, 0) is 30.7 Å². The Bertz CT molecular complexity index is 373. The van der Waals surface area contributed by atoms with E-state index in [2.05, 4.69) is 5.32 Å². The fourth-order valence-electron chi connectivity index (χ4n) is 2.35. The summed E-state index contributed by atoms with van der Waals surface area (Å²) >= 11 is 0. The molecule has 2 rings (SSSR count). The number of aliphatic hydroxyl groups excluding tert-OH is 1. The normalized spacial score (nSPS) is 16.9. The maximum atomic E-state index is 11.9. The van der Waals surface area contributed by atoms with Gasteiger partial charge in [-0.25, -0.2) is 0 Å². The minimum atomic E-state index is -0.0659. The monoisotopic (exact) mass is 247 g/mol. The first-order valence-corrected chi connectivity index (χ1v) is 6.74. The zero-order chi connectivity index (χ0) is 12.8. The van der Waals surface area contributed by atoms with E-state index in [4.69, 9.17) is 5.11 Å². The molecule has 1 aromatic carbocycles. The summed E-state index contributed by atoms with van der Waals surface area (Å²) in [5, 5.41) is 12.1. The smallest absolute Gasteiger partial charge is 0.220 e. The molecule has 0 saturated heterocycles. The molecule has 3 nitrogen and oxygen atoms in total. The molecule has 0 aliphatic heterocycles. The van der Waals surface area contributed by atoms with Crippen LogP contribution in [0.1, 0.15) is 43.7 Å². The third-order valence-corrected chi connectivity index (χ3v) is 3.65. The molecule has 0 bridgehead atoms. The summed E-state index contributed by atoms with van der Waals surface area (Å²) in [5.41, 5.74) is 1.06. The van der Waals surface area contributed by atoms with Crippen LogP contribution in [0, 0.1) is 5.92 Å². The molecular formula is C15H21NO2. The fraction of sp³-hybridized carbons (Fsp3) is 0.533. The van der Waals surface area contributed by atoms with Crippen LogP contribution < -0.4 is 5.32 Å². The van der Waals surface area contributed by atoms with Gasteiger partial charge in [-0.1, -0.05) is 36.8 Å². The molecule has 1 aliphatic rings. The molecule has 1 unspecified atom stereocenters. The van der Waals surface area contributed by atoms with Crippen molar-refractivity contribution in [2.24, 2.45) is 5.92 Å². The Kier molecular flexibility index (Phi) is 4.76. The standard InChI is InChI=1S/C15H21NO2/c17-10-9-14(13-7-2-1-3-8-13)16-15(18)11-12-5-4-6-12/h1-3,7-8,12,14,17H,4-6,9-11H2,(H,16,18). The van der Waals surface area contributed by atoms with Crippen molar-refractivity contribution in [3.63, 3.8) is 0 Å². The van der Waals surface area contributed by atoms with Crippen molar-refractivity contribution in [2.75, 3.05) is 6.61 Å². The summed E-state index contributed by atoms with van der Waals surface area (Å²) in [6.07, 6.45) is 4.83. The number of rotatable bonds is 6. The van der Waals surface area contributed by atoms with Crippen molar-refractivity contribution in [3.05, 3.63) is 35.9 Å². The van der Waals surface area contributed by atoms with Crippen LogP contribution in [0.5, 0.6) is 0 Å². The van der Waals surface area contributed by atoms with E-state index < -0.39 is 0 Å². The van der Waals surface area contributed by atoms with Crippen molar-refractivity contribution in [1.82, 2.24) is 5.32 Å². The van der Waals surface area contributed by atoms with E-state index in [-0.39, 0.29) is 18.6 Å². The van der Waals surface area contributed by atoms with Crippen LogP contribution >= 0.6 is 0 Å². The summed E-state index contributed by atoms with van der Waals surface area (Å²) in [6, 6.07) is 9.78. The van der Waals surface area contributed by atoms with E-state index in [0.29, 0.717) is 18.8 Å². The van der Waals surface area contributed by atoms with Gasteiger partial charge >= 0.3 is 0 Å². The highest BCUT2D eigenvalue weighted by Crippen LogP contribution is 2.29. The van der Waals surface area contributed by atoms with Gasteiger partial charge < -0.3 is 10.4 Å². The van der Waals surface area contributed by atoms with Gasteiger partial charge in [0.15, 0.2) is 0 Å². The second-order valence-corrected chi connectivity index (χ2v) is 5.04. The van der Waals surface area contributed by atoms with E-state index in [1.165, 1.54) is 19.3 Å². The molecule has 0 radical (unpaired) electrons. The van der Waals surface area contributed by atoms with Crippen molar-refractivity contribution in [1.29, 1.82) is 0 Å². The van der Waals surface area contributed by atoms with Crippen LogP contribution in [0.2, 0.25) is 0 Å². The van der Waals surface area contributed by atoms with Crippen molar-refractivity contribution in [2.45, 2.75) is 38.1 Å². The number of amides is 1. The van der Waals surface area contributed by atoms with Gasteiger partial charge in [-0.15, -0.1) is 0 Å². The van der Waals surface area contributed by atoms with Gasteiger partial charge in [0.05, 0.1) is 6.04 Å². The zero-order valence-electron chi connectivity index (χ0n) is 10.6. The zero-order valence-corrected chi connectivity index (χ0v) is 10.6. The highest BCUT2D eigenvalue weighted by Gasteiger charge is 2.22. The minimum absolute atomic E-state index is 0.0659. The molecule has 0 aromatic heterocycles. The molecule has 0 heterocycles. The summed E-state index contributed by atoms with van der Waals surface area (Å²) in [4.78, 5) is 11.9. The quantitative estimate of drug-likeness (QED) is 0.811. The fourth-order valence-corrected chi connectivity index (χ4v) is 2.35. The molecule has 1 atom stereocenters. The van der Waals surface area contributed by atoms with E-state index in [0.717, 1.165) is 5.56 Å². The Balaban J connectivity index is 1.91. The predicted octanol–water partition coefficient (Wildman–Crippen LogP) is 2.42. The lowest BCUT2D eigenvalue weighted by atomic mass is 9.83. The topological polar surface area (TPSA) is 49.3 Å². The molecule has 1 aliphatic carbocycles. The first-order chi connectivity index (χ1) is 8.79. The molecule has 3 heteroatoms. The Morgan fingerprint density at radius 2 is 2.06 bits per heavy atom. The molecule has 0 spiro atoms. The second kappa shape index (κ2) is 6.55. The van der Waals surface area contributed by atoms with Crippen LogP contribution in [-0.2, 0) is 4.79 Å². The number of benzene rings is 1. The SMILES string of the molecule is O=C(CC1CCC1)NC(CCO)c1ccccc1. The van der Waals surface area contributed by atoms with Gasteiger partial charge in [-0.2, -0.15) is 0 Å². The molecule has 1 amide bonds. The van der Waals surface area contributed by atoms with Crippen LogP contribution in [0.15, 0.2) is 30.3 Å². The average molecular weight is 247 g/mol. The Hall–Kier alpha value is -1.35. The Labute approximate surface area is 108 Å². The lowest BCUT2D eigenvalue weighted by Gasteiger charge is -2.26. The summed E-state index contributed by atoms with van der Waals surface area (Å²) in [6.45, 7) is 0.0866. The molecule has 1 aromatic rings. The van der Waals surface area contributed by atoms with Gasteiger partial charge in [0.2, 0.25) is 5.91 Å². The summed E-state index contributed by atoms with van der Waals surface area (Å²) < 4.78 is 0. The lowest BCUT2D eigenvalue weighted by molar-refractivity contribution is -0.123. The van der Waals surface area contributed by atoms with Crippen molar-refractivity contribution in [3.8, 4) is 0 Å². The largest absolute Gasteiger partial charge is 0.396 e. The molecule has 2 N–H and O–H groups in total. The van der Waals surface area contributed by atoms with Crippen molar-refractivity contribution < 1.29 is 9.90 Å². The highest BCUT2D eigenvalue weighted by atomic mass is 16.3.